The van der Waals surface area contributed by atoms with Crippen LogP contribution in [0.4, 0.5) is 5.69 Å². The summed E-state index contributed by atoms with van der Waals surface area (Å²) < 4.78 is 0. The molecule has 3 heteroatoms. The summed E-state index contributed by atoms with van der Waals surface area (Å²) in [5, 5.41) is 12.4. The Balaban J connectivity index is 2.43. The minimum atomic E-state index is -0.731. The lowest BCUT2D eigenvalue weighted by Crippen LogP contribution is -2.29. The van der Waals surface area contributed by atoms with E-state index >= 15 is 0 Å². The number of anilines is 1. The molecule has 0 aromatic heterocycles. The van der Waals surface area contributed by atoms with Gasteiger partial charge in [0.2, 0.25) is 0 Å². The quantitative estimate of drug-likeness (QED) is 0.714. The van der Waals surface area contributed by atoms with Crippen LogP contribution in [0, 0.1) is 0 Å². The summed E-state index contributed by atoms with van der Waals surface area (Å²) in [6.45, 7) is 2.01. The first kappa shape index (κ1) is 9.06. The maximum atomic E-state index is 11.0. The monoisotopic (exact) mass is 191 g/mol. The molecule has 0 amide bonds. The fourth-order valence-electron chi connectivity index (χ4n) is 1.97. The number of aliphatic carboxylic acids is 1. The highest BCUT2D eigenvalue weighted by Crippen LogP contribution is 2.33. The highest BCUT2D eigenvalue weighted by atomic mass is 16.4. The molecule has 0 bridgehead atoms. The fourth-order valence-corrected chi connectivity index (χ4v) is 1.97. The van der Waals surface area contributed by atoms with E-state index < -0.39 is 5.97 Å². The highest BCUT2D eigenvalue weighted by molar-refractivity contribution is 5.80. The Morgan fingerprint density at radius 1 is 1.50 bits per heavy atom. The van der Waals surface area contributed by atoms with Crippen LogP contribution in [0.1, 0.15) is 24.8 Å². The van der Waals surface area contributed by atoms with Gasteiger partial charge in [-0.2, -0.15) is 0 Å². The van der Waals surface area contributed by atoms with Crippen LogP contribution < -0.4 is 5.32 Å². The lowest BCUT2D eigenvalue weighted by molar-refractivity contribution is -0.139. The number of carbonyl (C=O) groups is 1. The van der Waals surface area contributed by atoms with Crippen LogP contribution in [0.25, 0.3) is 0 Å². The van der Waals surface area contributed by atoms with Crippen molar-refractivity contribution in [3.05, 3.63) is 29.8 Å². The van der Waals surface area contributed by atoms with E-state index in [2.05, 4.69) is 5.32 Å². The number of nitrogens with one attached hydrogen (secondary N) is 1. The molecule has 0 saturated heterocycles. The molecule has 0 aliphatic carbocycles. The number of para-hydroxylation sites is 1. The van der Waals surface area contributed by atoms with Gasteiger partial charge >= 0.3 is 5.97 Å². The maximum Gasteiger partial charge on any atom is 0.311 e. The molecular formula is C11H13NO2. The number of carboxylic acids is 1. The number of rotatable bonds is 1. The molecule has 1 heterocycles. The van der Waals surface area contributed by atoms with Gasteiger partial charge < -0.3 is 10.4 Å². The van der Waals surface area contributed by atoms with Crippen molar-refractivity contribution in [2.45, 2.75) is 25.3 Å². The molecule has 3 nitrogen and oxygen atoms in total. The van der Waals surface area contributed by atoms with Crippen molar-refractivity contribution < 1.29 is 9.90 Å². The summed E-state index contributed by atoms with van der Waals surface area (Å²) in [5.41, 5.74) is 1.86. The molecule has 2 rings (SSSR count). The smallest absolute Gasteiger partial charge is 0.311 e. The van der Waals surface area contributed by atoms with Crippen LogP contribution in [-0.4, -0.2) is 17.1 Å². The van der Waals surface area contributed by atoms with E-state index in [0.29, 0.717) is 6.42 Å². The van der Waals surface area contributed by atoms with Gasteiger partial charge in [0.15, 0.2) is 0 Å². The third kappa shape index (κ3) is 1.45. The molecule has 1 aromatic rings. The predicted octanol–water partition coefficient (Wildman–Crippen LogP) is 2.06. The van der Waals surface area contributed by atoms with Crippen LogP contribution in [0.15, 0.2) is 24.3 Å². The van der Waals surface area contributed by atoms with Gasteiger partial charge in [-0.15, -0.1) is 0 Å². The molecule has 1 aliphatic rings. The summed E-state index contributed by atoms with van der Waals surface area (Å²) in [6.07, 6.45) is 0.659. The Kier molecular flexibility index (Phi) is 2.15. The van der Waals surface area contributed by atoms with Crippen LogP contribution in [-0.2, 0) is 4.79 Å². The summed E-state index contributed by atoms with van der Waals surface area (Å²) in [7, 11) is 0. The van der Waals surface area contributed by atoms with Crippen molar-refractivity contribution in [2.75, 3.05) is 5.32 Å². The van der Waals surface area contributed by atoms with Gasteiger partial charge in [0.1, 0.15) is 0 Å². The highest BCUT2D eigenvalue weighted by Gasteiger charge is 2.28. The zero-order chi connectivity index (χ0) is 10.1. The van der Waals surface area contributed by atoms with E-state index in [9.17, 15) is 4.79 Å². The Hall–Kier alpha value is -1.51. The van der Waals surface area contributed by atoms with Gasteiger partial charge in [0, 0.05) is 11.7 Å². The molecule has 0 saturated carbocycles. The molecule has 1 aromatic carbocycles. The summed E-state index contributed by atoms with van der Waals surface area (Å²) in [6, 6.07) is 7.84. The first-order valence-electron chi connectivity index (χ1n) is 4.76. The summed E-state index contributed by atoms with van der Waals surface area (Å²) in [5.74, 6) is -1.09. The standard InChI is InChI=1S/C11H13NO2/c1-7-6-9(11(13)14)8-4-2-3-5-10(8)12-7/h2-5,7,9,12H,6H2,1H3,(H,13,14). The van der Waals surface area contributed by atoms with E-state index in [1.54, 1.807) is 0 Å². The lowest BCUT2D eigenvalue weighted by atomic mass is 9.88. The van der Waals surface area contributed by atoms with Crippen LogP contribution in [0.2, 0.25) is 0 Å². The average molecular weight is 191 g/mol. The van der Waals surface area contributed by atoms with Crippen molar-refractivity contribution in [1.82, 2.24) is 0 Å². The zero-order valence-electron chi connectivity index (χ0n) is 8.03. The third-order valence-corrected chi connectivity index (χ3v) is 2.63. The predicted molar refractivity (Wildman–Crippen MR) is 54.5 cm³/mol. The zero-order valence-corrected chi connectivity index (χ0v) is 8.03. The minimum Gasteiger partial charge on any atom is -0.481 e. The molecular weight excluding hydrogens is 178 g/mol. The Morgan fingerprint density at radius 2 is 2.21 bits per heavy atom. The molecule has 0 spiro atoms. The van der Waals surface area contributed by atoms with Gasteiger partial charge in [0.25, 0.3) is 0 Å². The first-order chi connectivity index (χ1) is 6.68. The summed E-state index contributed by atoms with van der Waals surface area (Å²) >= 11 is 0. The van der Waals surface area contributed by atoms with Crippen molar-refractivity contribution in [3.63, 3.8) is 0 Å². The van der Waals surface area contributed by atoms with E-state index in [1.807, 2.05) is 31.2 Å². The normalized spacial score (nSPS) is 24.9. The van der Waals surface area contributed by atoms with E-state index in [4.69, 9.17) is 5.11 Å². The topological polar surface area (TPSA) is 49.3 Å². The third-order valence-electron chi connectivity index (χ3n) is 2.63. The first-order valence-corrected chi connectivity index (χ1v) is 4.76. The van der Waals surface area contributed by atoms with Crippen molar-refractivity contribution in [2.24, 2.45) is 0 Å². The van der Waals surface area contributed by atoms with Crippen molar-refractivity contribution >= 4 is 11.7 Å². The molecule has 0 radical (unpaired) electrons. The number of hydrogen-bond acceptors (Lipinski definition) is 2. The SMILES string of the molecule is CC1CC(C(=O)O)c2ccccc2N1. The molecule has 2 unspecified atom stereocenters. The van der Waals surface area contributed by atoms with E-state index in [-0.39, 0.29) is 12.0 Å². The van der Waals surface area contributed by atoms with Crippen LogP contribution in [0.5, 0.6) is 0 Å². The van der Waals surface area contributed by atoms with Gasteiger partial charge in [-0.3, -0.25) is 4.79 Å². The number of carboxylic acid groups (broad SMARTS) is 1. The number of benzene rings is 1. The lowest BCUT2D eigenvalue weighted by Gasteiger charge is -2.28. The Morgan fingerprint density at radius 3 is 2.93 bits per heavy atom. The van der Waals surface area contributed by atoms with E-state index in [1.165, 1.54) is 0 Å². The fraction of sp³-hybridized carbons (Fsp3) is 0.364. The maximum absolute atomic E-state index is 11.0. The second-order valence-electron chi connectivity index (χ2n) is 3.76. The van der Waals surface area contributed by atoms with E-state index in [0.717, 1.165) is 11.3 Å². The second-order valence-corrected chi connectivity index (χ2v) is 3.76. The number of hydrogen-bond donors (Lipinski definition) is 2. The Bertz CT molecular complexity index is 362. The second kappa shape index (κ2) is 3.33. The Labute approximate surface area is 82.8 Å². The van der Waals surface area contributed by atoms with Gasteiger partial charge in [-0.25, -0.2) is 0 Å². The van der Waals surface area contributed by atoms with Crippen LogP contribution in [0.3, 0.4) is 0 Å². The van der Waals surface area contributed by atoms with Crippen molar-refractivity contribution in [3.8, 4) is 0 Å². The summed E-state index contributed by atoms with van der Waals surface area (Å²) in [4.78, 5) is 11.0. The van der Waals surface area contributed by atoms with Gasteiger partial charge in [-0.05, 0) is 25.0 Å². The molecule has 1 aliphatic heterocycles. The van der Waals surface area contributed by atoms with Gasteiger partial charge in [-0.1, -0.05) is 18.2 Å². The minimum absolute atomic E-state index is 0.228. The largest absolute Gasteiger partial charge is 0.481 e. The molecule has 14 heavy (non-hydrogen) atoms. The molecule has 2 atom stereocenters. The van der Waals surface area contributed by atoms with Crippen molar-refractivity contribution in [1.29, 1.82) is 0 Å². The molecule has 2 N–H and O–H groups in total. The average Bonchev–Trinajstić information content (AvgIpc) is 2.16. The number of fused-ring (bicyclic) bond motifs is 1. The molecule has 74 valence electrons. The van der Waals surface area contributed by atoms with Gasteiger partial charge in [0.05, 0.1) is 5.92 Å². The van der Waals surface area contributed by atoms with Crippen LogP contribution >= 0.6 is 0 Å². The molecule has 0 fully saturated rings.